The molecule has 0 aliphatic carbocycles. The monoisotopic (exact) mass is 345 g/mol. The Hall–Kier alpha value is -1.63. The Bertz CT molecular complexity index is 772. The van der Waals surface area contributed by atoms with Crippen LogP contribution in [0.4, 0.5) is 0 Å². The van der Waals surface area contributed by atoms with Gasteiger partial charge in [0.25, 0.3) is 5.91 Å². The maximum absolute atomic E-state index is 12.6. The van der Waals surface area contributed by atoms with Crippen LogP contribution < -0.4 is 0 Å². The van der Waals surface area contributed by atoms with E-state index in [0.717, 1.165) is 30.4 Å². The SMILES string of the molecule is O=C1/C(=C/c2cc3ccccc3o2)SC(=S)N1CC1CCCO1. The average molecular weight is 345 g/mol. The van der Waals surface area contributed by atoms with Crippen molar-refractivity contribution in [2.75, 3.05) is 13.2 Å². The van der Waals surface area contributed by atoms with Crippen LogP contribution in [0.15, 0.2) is 39.7 Å². The van der Waals surface area contributed by atoms with Crippen LogP contribution in [0.1, 0.15) is 18.6 Å². The summed E-state index contributed by atoms with van der Waals surface area (Å²) >= 11 is 6.67. The van der Waals surface area contributed by atoms with Gasteiger partial charge < -0.3 is 9.15 Å². The Balaban J connectivity index is 1.56. The minimum absolute atomic E-state index is 0.0593. The van der Waals surface area contributed by atoms with Crippen molar-refractivity contribution >= 4 is 51.3 Å². The second-order valence-corrected chi connectivity index (χ2v) is 7.29. The lowest BCUT2D eigenvalue weighted by Gasteiger charge is -2.18. The van der Waals surface area contributed by atoms with Gasteiger partial charge in [-0.2, -0.15) is 0 Å². The summed E-state index contributed by atoms with van der Waals surface area (Å²) in [6.07, 6.45) is 3.91. The van der Waals surface area contributed by atoms with Crippen molar-refractivity contribution in [3.8, 4) is 0 Å². The van der Waals surface area contributed by atoms with Gasteiger partial charge in [-0.15, -0.1) is 0 Å². The van der Waals surface area contributed by atoms with Gasteiger partial charge in [0.05, 0.1) is 17.6 Å². The smallest absolute Gasteiger partial charge is 0.266 e. The van der Waals surface area contributed by atoms with Gasteiger partial charge in [-0.25, -0.2) is 0 Å². The van der Waals surface area contributed by atoms with Crippen LogP contribution in [-0.2, 0) is 9.53 Å². The lowest BCUT2D eigenvalue weighted by Crippen LogP contribution is -2.35. The fourth-order valence-corrected chi connectivity index (χ4v) is 4.11. The molecule has 118 valence electrons. The summed E-state index contributed by atoms with van der Waals surface area (Å²) in [5.41, 5.74) is 0.814. The summed E-state index contributed by atoms with van der Waals surface area (Å²) in [4.78, 5) is 14.8. The van der Waals surface area contributed by atoms with Crippen molar-refractivity contribution in [2.45, 2.75) is 18.9 Å². The van der Waals surface area contributed by atoms with Crippen molar-refractivity contribution in [1.29, 1.82) is 0 Å². The highest BCUT2D eigenvalue weighted by Crippen LogP contribution is 2.34. The first-order valence-electron chi connectivity index (χ1n) is 7.56. The molecule has 0 N–H and O–H groups in total. The van der Waals surface area contributed by atoms with Crippen molar-refractivity contribution in [1.82, 2.24) is 4.90 Å². The second kappa shape index (κ2) is 6.11. The largest absolute Gasteiger partial charge is 0.457 e. The van der Waals surface area contributed by atoms with Crippen LogP contribution in [-0.4, -0.2) is 34.4 Å². The molecular formula is C17H15NO3S2. The molecule has 1 aromatic heterocycles. The van der Waals surface area contributed by atoms with Crippen molar-refractivity contribution in [2.24, 2.45) is 0 Å². The number of furan rings is 1. The summed E-state index contributed by atoms with van der Waals surface area (Å²) < 4.78 is 11.9. The predicted molar refractivity (Wildman–Crippen MR) is 95.1 cm³/mol. The molecule has 2 saturated heterocycles. The first-order valence-corrected chi connectivity index (χ1v) is 8.79. The Kier molecular flexibility index (Phi) is 3.97. The van der Waals surface area contributed by atoms with Crippen molar-refractivity contribution < 1.29 is 13.9 Å². The topological polar surface area (TPSA) is 42.7 Å². The van der Waals surface area contributed by atoms with Crippen molar-refractivity contribution in [3.05, 3.63) is 41.0 Å². The molecule has 4 nitrogen and oxygen atoms in total. The van der Waals surface area contributed by atoms with Crippen LogP contribution in [0, 0.1) is 0 Å². The van der Waals surface area contributed by atoms with Gasteiger partial charge in [-0.1, -0.05) is 42.2 Å². The standard InChI is InChI=1S/C17H15NO3S2/c19-16-15(9-13-8-11-4-1-2-6-14(11)21-13)23-17(22)18(16)10-12-5-3-7-20-12/h1-2,4,6,8-9,12H,3,5,7,10H2/b15-9-. The molecule has 2 aliphatic heterocycles. The summed E-state index contributed by atoms with van der Waals surface area (Å²) in [5, 5.41) is 1.02. The first kappa shape index (κ1) is 14.9. The number of amides is 1. The molecule has 1 aromatic carbocycles. The molecule has 2 fully saturated rings. The van der Waals surface area contributed by atoms with Gasteiger partial charge >= 0.3 is 0 Å². The summed E-state index contributed by atoms with van der Waals surface area (Å²) in [5.74, 6) is 0.611. The molecule has 0 saturated carbocycles. The van der Waals surface area contributed by atoms with E-state index in [-0.39, 0.29) is 12.0 Å². The highest BCUT2D eigenvalue weighted by Gasteiger charge is 2.34. The minimum atomic E-state index is -0.0593. The van der Waals surface area contributed by atoms with Crippen molar-refractivity contribution in [3.63, 3.8) is 0 Å². The number of hydrogen-bond donors (Lipinski definition) is 0. The maximum Gasteiger partial charge on any atom is 0.266 e. The van der Waals surface area contributed by atoms with Gasteiger partial charge in [-0.3, -0.25) is 9.69 Å². The zero-order valence-electron chi connectivity index (χ0n) is 12.4. The average Bonchev–Trinajstić information content (AvgIpc) is 3.24. The number of nitrogens with zero attached hydrogens (tertiary/aromatic N) is 1. The van der Waals surface area contributed by atoms with Crippen LogP contribution in [0.5, 0.6) is 0 Å². The normalized spacial score (nSPS) is 23.6. The summed E-state index contributed by atoms with van der Waals surface area (Å²) in [7, 11) is 0. The fourth-order valence-electron chi connectivity index (χ4n) is 2.85. The maximum atomic E-state index is 12.6. The molecule has 4 rings (SSSR count). The van der Waals surface area contributed by atoms with Gasteiger partial charge in [0.2, 0.25) is 0 Å². The first-order chi connectivity index (χ1) is 11.2. The Morgan fingerprint density at radius 3 is 3.04 bits per heavy atom. The van der Waals surface area contributed by atoms with E-state index >= 15 is 0 Å². The number of thiocarbonyl (C=S) groups is 1. The van der Waals surface area contributed by atoms with E-state index in [4.69, 9.17) is 21.4 Å². The number of hydrogen-bond acceptors (Lipinski definition) is 5. The second-order valence-electron chi connectivity index (χ2n) is 5.61. The number of carbonyl (C=O) groups is 1. The molecule has 2 aliphatic rings. The van der Waals surface area contributed by atoms with Gasteiger partial charge in [0.15, 0.2) is 0 Å². The summed E-state index contributed by atoms with van der Waals surface area (Å²) in [6.45, 7) is 1.32. The van der Waals surface area contributed by atoms with Gasteiger partial charge in [0, 0.05) is 18.1 Å². The zero-order valence-corrected chi connectivity index (χ0v) is 14.0. The van der Waals surface area contributed by atoms with E-state index < -0.39 is 0 Å². The van der Waals surface area contributed by atoms with E-state index in [9.17, 15) is 4.79 Å². The zero-order chi connectivity index (χ0) is 15.8. The third-order valence-corrected chi connectivity index (χ3v) is 5.38. The molecule has 1 amide bonds. The number of para-hydroxylation sites is 1. The molecular weight excluding hydrogens is 330 g/mol. The molecule has 3 heterocycles. The summed E-state index contributed by atoms with van der Waals surface area (Å²) in [6, 6.07) is 9.72. The van der Waals surface area contributed by atoms with Crippen LogP contribution >= 0.6 is 24.0 Å². The highest BCUT2D eigenvalue weighted by molar-refractivity contribution is 8.26. The van der Waals surface area contributed by atoms with Gasteiger partial charge in [0.1, 0.15) is 15.7 Å². The lowest BCUT2D eigenvalue weighted by molar-refractivity contribution is -0.123. The highest BCUT2D eigenvalue weighted by atomic mass is 32.2. The Morgan fingerprint density at radius 1 is 1.39 bits per heavy atom. The van der Waals surface area contributed by atoms with E-state index in [2.05, 4.69) is 0 Å². The molecule has 1 unspecified atom stereocenters. The number of thioether (sulfide) groups is 1. The molecule has 0 radical (unpaired) electrons. The van der Waals surface area contributed by atoms with Crippen LogP contribution in [0.25, 0.3) is 17.0 Å². The number of carbonyl (C=O) groups excluding carboxylic acids is 1. The Labute approximate surface area is 143 Å². The molecule has 0 bridgehead atoms. The molecule has 1 atom stereocenters. The van der Waals surface area contributed by atoms with E-state index in [1.807, 2.05) is 30.3 Å². The molecule has 6 heteroatoms. The minimum Gasteiger partial charge on any atom is -0.457 e. The van der Waals surface area contributed by atoms with Crippen LogP contribution in [0.3, 0.4) is 0 Å². The third kappa shape index (κ3) is 2.94. The number of fused-ring (bicyclic) bond motifs is 1. The lowest BCUT2D eigenvalue weighted by atomic mass is 10.2. The van der Waals surface area contributed by atoms with E-state index in [1.54, 1.807) is 11.0 Å². The number of rotatable bonds is 3. The van der Waals surface area contributed by atoms with E-state index in [1.165, 1.54) is 11.8 Å². The fraction of sp³-hybridized carbons (Fsp3) is 0.294. The number of ether oxygens (including phenoxy) is 1. The molecule has 2 aromatic rings. The predicted octanol–water partition coefficient (Wildman–Crippen LogP) is 3.81. The molecule has 23 heavy (non-hydrogen) atoms. The van der Waals surface area contributed by atoms with E-state index in [0.29, 0.717) is 21.5 Å². The molecule has 0 spiro atoms. The van der Waals surface area contributed by atoms with Gasteiger partial charge in [-0.05, 0) is 25.0 Å². The van der Waals surface area contributed by atoms with Crippen LogP contribution in [0.2, 0.25) is 0 Å². The Morgan fingerprint density at radius 2 is 2.26 bits per heavy atom. The third-order valence-electron chi connectivity index (χ3n) is 4.00. The number of benzene rings is 1. The quantitative estimate of drug-likeness (QED) is 0.625.